The van der Waals surface area contributed by atoms with Gasteiger partial charge in [-0.25, -0.2) is 0 Å². The Hall–Kier alpha value is -1.47. The third-order valence-electron chi connectivity index (χ3n) is 6.88. The molecule has 3 aliphatic rings. The summed E-state index contributed by atoms with van der Waals surface area (Å²) in [6.45, 7) is 3.93. The number of hydrogen-bond acceptors (Lipinski definition) is 5. The number of nitrogens with zero attached hydrogens (tertiary/aromatic N) is 1. The molecule has 0 aromatic heterocycles. The molecule has 3 fully saturated rings. The summed E-state index contributed by atoms with van der Waals surface area (Å²) in [4.78, 5) is 27.9. The van der Waals surface area contributed by atoms with Crippen molar-refractivity contribution < 1.29 is 14.3 Å². The average molecular weight is 420 g/mol. The van der Waals surface area contributed by atoms with Crippen molar-refractivity contribution in [2.24, 2.45) is 17.8 Å². The lowest BCUT2D eigenvalue weighted by atomic mass is 9.66. The summed E-state index contributed by atoms with van der Waals surface area (Å²) < 4.78 is 5.58. The van der Waals surface area contributed by atoms with Gasteiger partial charge in [0, 0.05) is 44.1 Å². The van der Waals surface area contributed by atoms with Crippen molar-refractivity contribution in [2.45, 2.75) is 44.4 Å². The molecule has 0 bridgehead atoms. The number of amides is 1. The zero-order chi connectivity index (χ0) is 20.5. The monoisotopic (exact) mass is 419 g/mol. The standard InChI is InChI=1S/C22H30ClN3O3/c1-13-9-14(29-2)10-15-21(13)25-18-7-8-26(11-16(18)22(15)28)12-20(27)24-19-6-4-3-5-17(19)23/h3-6,13-16,18,21,25H,7-12H2,1-2H3,(H,24,27). The van der Waals surface area contributed by atoms with Crippen LogP contribution in [0.3, 0.4) is 0 Å². The zero-order valence-corrected chi connectivity index (χ0v) is 17.8. The van der Waals surface area contributed by atoms with Crippen LogP contribution >= 0.6 is 11.6 Å². The smallest absolute Gasteiger partial charge is 0.238 e. The number of benzene rings is 1. The van der Waals surface area contributed by atoms with Gasteiger partial charge in [0.05, 0.1) is 23.4 Å². The number of rotatable bonds is 4. The lowest BCUT2D eigenvalue weighted by molar-refractivity contribution is -0.140. The highest BCUT2D eigenvalue weighted by Gasteiger charge is 2.49. The molecule has 6 unspecified atom stereocenters. The van der Waals surface area contributed by atoms with E-state index >= 15 is 0 Å². The molecule has 1 amide bonds. The van der Waals surface area contributed by atoms with Crippen LogP contribution in [-0.2, 0) is 14.3 Å². The van der Waals surface area contributed by atoms with Crippen LogP contribution in [0, 0.1) is 17.8 Å². The lowest BCUT2D eigenvalue weighted by Crippen LogP contribution is -2.66. The summed E-state index contributed by atoms with van der Waals surface area (Å²) in [6, 6.07) is 7.69. The Morgan fingerprint density at radius 3 is 2.86 bits per heavy atom. The van der Waals surface area contributed by atoms with E-state index in [1.54, 1.807) is 19.2 Å². The Morgan fingerprint density at radius 2 is 2.10 bits per heavy atom. The molecule has 2 heterocycles. The van der Waals surface area contributed by atoms with Gasteiger partial charge in [-0.3, -0.25) is 14.5 Å². The Labute approximate surface area is 177 Å². The molecule has 2 saturated heterocycles. The molecule has 1 aromatic rings. The van der Waals surface area contributed by atoms with E-state index < -0.39 is 0 Å². The molecule has 0 spiro atoms. The normalized spacial score (nSPS) is 34.9. The molecule has 7 heteroatoms. The number of methoxy groups -OCH3 is 1. The molecule has 1 aromatic carbocycles. The van der Waals surface area contributed by atoms with Gasteiger partial charge in [-0.05, 0) is 37.3 Å². The van der Waals surface area contributed by atoms with Gasteiger partial charge in [0.1, 0.15) is 5.78 Å². The Bertz CT molecular complexity index is 773. The van der Waals surface area contributed by atoms with Gasteiger partial charge in [-0.2, -0.15) is 0 Å². The fourth-order valence-electron chi connectivity index (χ4n) is 5.38. The summed E-state index contributed by atoms with van der Waals surface area (Å²) in [6.07, 6.45) is 2.85. The number of para-hydroxylation sites is 1. The Morgan fingerprint density at radius 1 is 1.31 bits per heavy atom. The lowest BCUT2D eigenvalue weighted by Gasteiger charge is -2.51. The van der Waals surface area contributed by atoms with E-state index in [1.807, 2.05) is 12.1 Å². The summed E-state index contributed by atoms with van der Waals surface area (Å²) in [7, 11) is 1.74. The molecule has 0 radical (unpaired) electrons. The number of likely N-dealkylation sites (tertiary alicyclic amines) is 1. The van der Waals surface area contributed by atoms with Gasteiger partial charge in [-0.1, -0.05) is 30.7 Å². The Balaban J connectivity index is 1.38. The maximum absolute atomic E-state index is 13.3. The number of anilines is 1. The van der Waals surface area contributed by atoms with Crippen molar-refractivity contribution in [3.63, 3.8) is 0 Å². The topological polar surface area (TPSA) is 70.7 Å². The number of nitrogens with one attached hydrogen (secondary N) is 2. The van der Waals surface area contributed by atoms with Crippen molar-refractivity contribution in [3.8, 4) is 0 Å². The minimum absolute atomic E-state index is 0.0156. The largest absolute Gasteiger partial charge is 0.381 e. The number of Topliss-reactive ketones (excluding diaryl/α,β-unsaturated/α-hetero) is 1. The fourth-order valence-corrected chi connectivity index (χ4v) is 5.56. The average Bonchev–Trinajstić information content (AvgIpc) is 2.71. The first kappa shape index (κ1) is 20.8. The van der Waals surface area contributed by atoms with Gasteiger partial charge in [0.25, 0.3) is 0 Å². The summed E-state index contributed by atoms with van der Waals surface area (Å²) in [5.74, 6) is 0.644. The third-order valence-corrected chi connectivity index (χ3v) is 7.21. The highest BCUT2D eigenvalue weighted by molar-refractivity contribution is 6.33. The van der Waals surface area contributed by atoms with Crippen LogP contribution in [0.1, 0.15) is 26.2 Å². The molecule has 2 N–H and O–H groups in total. The number of halogens is 1. The summed E-state index contributed by atoms with van der Waals surface area (Å²) in [5, 5.41) is 7.18. The van der Waals surface area contributed by atoms with Crippen LogP contribution in [0.4, 0.5) is 5.69 Å². The number of ketones is 1. The first-order valence-electron chi connectivity index (χ1n) is 10.6. The van der Waals surface area contributed by atoms with Crippen molar-refractivity contribution in [1.82, 2.24) is 10.2 Å². The first-order chi connectivity index (χ1) is 14.0. The molecule has 2 aliphatic heterocycles. The van der Waals surface area contributed by atoms with Gasteiger partial charge < -0.3 is 15.4 Å². The second kappa shape index (κ2) is 8.72. The van der Waals surface area contributed by atoms with Crippen LogP contribution in [0.2, 0.25) is 5.02 Å². The van der Waals surface area contributed by atoms with Gasteiger partial charge in [0.15, 0.2) is 0 Å². The predicted octanol–water partition coefficient (Wildman–Crippen LogP) is 2.57. The van der Waals surface area contributed by atoms with Crippen molar-refractivity contribution in [2.75, 3.05) is 32.1 Å². The van der Waals surface area contributed by atoms with E-state index in [2.05, 4.69) is 22.5 Å². The van der Waals surface area contributed by atoms with Crippen LogP contribution in [-0.4, -0.2) is 61.5 Å². The number of fused-ring (bicyclic) bond motifs is 2. The van der Waals surface area contributed by atoms with Gasteiger partial charge in [0.2, 0.25) is 5.91 Å². The fraction of sp³-hybridized carbons (Fsp3) is 0.636. The number of piperidine rings is 2. The molecular weight excluding hydrogens is 390 g/mol. The number of hydrogen-bond donors (Lipinski definition) is 2. The van der Waals surface area contributed by atoms with E-state index in [0.717, 1.165) is 25.8 Å². The second-order valence-corrected chi connectivity index (χ2v) is 9.18. The van der Waals surface area contributed by atoms with E-state index in [0.29, 0.717) is 29.0 Å². The van der Waals surface area contributed by atoms with Crippen molar-refractivity contribution in [3.05, 3.63) is 29.3 Å². The molecule has 4 rings (SSSR count). The second-order valence-electron chi connectivity index (χ2n) is 8.77. The van der Waals surface area contributed by atoms with Crippen LogP contribution in [0.25, 0.3) is 0 Å². The number of ether oxygens (including phenoxy) is 1. The Kier molecular flexibility index (Phi) is 6.25. The quantitative estimate of drug-likeness (QED) is 0.784. The molecule has 6 atom stereocenters. The number of carbonyl (C=O) groups is 2. The van der Waals surface area contributed by atoms with E-state index in [4.69, 9.17) is 16.3 Å². The maximum Gasteiger partial charge on any atom is 0.238 e. The van der Waals surface area contributed by atoms with E-state index in [1.165, 1.54) is 0 Å². The summed E-state index contributed by atoms with van der Waals surface area (Å²) in [5.41, 5.74) is 0.620. The zero-order valence-electron chi connectivity index (χ0n) is 17.1. The molecule has 29 heavy (non-hydrogen) atoms. The molecular formula is C22H30ClN3O3. The van der Waals surface area contributed by atoms with Crippen LogP contribution in [0.5, 0.6) is 0 Å². The molecule has 6 nitrogen and oxygen atoms in total. The van der Waals surface area contributed by atoms with Gasteiger partial charge >= 0.3 is 0 Å². The van der Waals surface area contributed by atoms with Crippen LogP contribution in [0.15, 0.2) is 24.3 Å². The van der Waals surface area contributed by atoms with E-state index in [9.17, 15) is 9.59 Å². The minimum atomic E-state index is -0.101. The molecule has 158 valence electrons. The van der Waals surface area contributed by atoms with Crippen molar-refractivity contribution >= 4 is 29.0 Å². The van der Waals surface area contributed by atoms with E-state index in [-0.39, 0.29) is 42.5 Å². The SMILES string of the molecule is COC1CC(C)C2NC3CCN(CC(=O)Nc4ccccc4Cl)CC3C(=O)C2C1. The first-order valence-corrected chi connectivity index (χ1v) is 10.9. The minimum Gasteiger partial charge on any atom is -0.381 e. The number of carbonyl (C=O) groups excluding carboxylic acids is 2. The highest BCUT2D eigenvalue weighted by atomic mass is 35.5. The molecule has 1 saturated carbocycles. The third kappa shape index (κ3) is 4.36. The van der Waals surface area contributed by atoms with Crippen LogP contribution < -0.4 is 10.6 Å². The van der Waals surface area contributed by atoms with Gasteiger partial charge in [-0.15, -0.1) is 0 Å². The molecule has 1 aliphatic carbocycles. The van der Waals surface area contributed by atoms with Crippen molar-refractivity contribution in [1.29, 1.82) is 0 Å². The highest BCUT2D eigenvalue weighted by Crippen LogP contribution is 2.39. The summed E-state index contributed by atoms with van der Waals surface area (Å²) >= 11 is 6.13. The maximum atomic E-state index is 13.3. The predicted molar refractivity (Wildman–Crippen MR) is 113 cm³/mol.